The Morgan fingerprint density at radius 3 is 2.38 bits per heavy atom. The van der Waals surface area contributed by atoms with Gasteiger partial charge in [0.05, 0.1) is 17.8 Å². The molecule has 3 aromatic heterocycles. The Balaban J connectivity index is 0.00000117. The van der Waals surface area contributed by atoms with E-state index in [9.17, 15) is 13.6 Å². The fourth-order valence-electron chi connectivity index (χ4n) is 3.48. The number of halogens is 2. The SMILES string of the molecule is CC.Cc1nc(C)c2[nH]c(=O)c3sccc3c2c1-c1ccc(C(F)(F)CN)cc1. The smallest absolute Gasteiger partial charge is 0.285 e. The fourth-order valence-corrected chi connectivity index (χ4v) is 4.27. The molecular formula is C22H23F2N3OS. The second kappa shape index (κ2) is 8.00. The van der Waals surface area contributed by atoms with Gasteiger partial charge in [-0.25, -0.2) is 0 Å². The number of nitrogens with two attached hydrogens (primary N) is 1. The van der Waals surface area contributed by atoms with Crippen LogP contribution in [0.2, 0.25) is 0 Å². The highest BCUT2D eigenvalue weighted by Crippen LogP contribution is 2.37. The lowest BCUT2D eigenvalue weighted by molar-refractivity contribution is 0.00596. The molecule has 1 aromatic carbocycles. The number of pyridine rings is 2. The third-order valence-electron chi connectivity index (χ3n) is 4.79. The molecule has 0 aliphatic rings. The summed E-state index contributed by atoms with van der Waals surface area (Å²) in [6, 6.07) is 8.01. The molecule has 3 heterocycles. The van der Waals surface area contributed by atoms with Gasteiger partial charge in [0.1, 0.15) is 4.70 Å². The lowest BCUT2D eigenvalue weighted by Gasteiger charge is -2.16. The van der Waals surface area contributed by atoms with Gasteiger partial charge in [0.2, 0.25) is 0 Å². The van der Waals surface area contributed by atoms with Crippen molar-refractivity contribution in [3.05, 3.63) is 63.0 Å². The van der Waals surface area contributed by atoms with E-state index in [1.54, 1.807) is 12.1 Å². The molecule has 4 rings (SSSR count). The summed E-state index contributed by atoms with van der Waals surface area (Å²) >= 11 is 1.38. The molecule has 3 N–H and O–H groups in total. The topological polar surface area (TPSA) is 71.8 Å². The third-order valence-corrected chi connectivity index (χ3v) is 5.70. The zero-order chi connectivity index (χ0) is 21.3. The van der Waals surface area contributed by atoms with Crippen molar-refractivity contribution in [2.45, 2.75) is 33.6 Å². The highest BCUT2D eigenvalue weighted by Gasteiger charge is 2.29. The van der Waals surface area contributed by atoms with Crippen LogP contribution in [0.1, 0.15) is 30.8 Å². The number of H-pyrrole nitrogens is 1. The maximum atomic E-state index is 13.8. The normalized spacial score (nSPS) is 11.6. The Hall–Kier alpha value is -2.64. The molecule has 152 valence electrons. The number of hydrogen-bond acceptors (Lipinski definition) is 4. The Morgan fingerprint density at radius 1 is 1.10 bits per heavy atom. The van der Waals surface area contributed by atoms with Crippen molar-refractivity contribution in [1.29, 1.82) is 0 Å². The van der Waals surface area contributed by atoms with Crippen molar-refractivity contribution in [2.24, 2.45) is 5.73 Å². The summed E-state index contributed by atoms with van der Waals surface area (Å²) in [5.41, 5.74) is 8.67. The quantitative estimate of drug-likeness (QED) is 0.464. The van der Waals surface area contributed by atoms with Crippen molar-refractivity contribution in [1.82, 2.24) is 9.97 Å². The Labute approximate surface area is 171 Å². The van der Waals surface area contributed by atoms with Gasteiger partial charge in [-0.15, -0.1) is 11.3 Å². The first kappa shape index (κ1) is 21.1. The highest BCUT2D eigenvalue weighted by molar-refractivity contribution is 7.17. The second-order valence-electron chi connectivity index (χ2n) is 6.51. The number of nitrogens with zero attached hydrogens (tertiary/aromatic N) is 1. The van der Waals surface area contributed by atoms with Crippen molar-refractivity contribution in [2.75, 3.05) is 6.54 Å². The molecule has 7 heteroatoms. The van der Waals surface area contributed by atoms with Gasteiger partial charge in [0.25, 0.3) is 11.5 Å². The van der Waals surface area contributed by atoms with Crippen LogP contribution in [-0.4, -0.2) is 16.5 Å². The summed E-state index contributed by atoms with van der Waals surface area (Å²) in [5, 5.41) is 3.60. The number of rotatable bonds is 3. The Bertz CT molecular complexity index is 1230. The first-order valence-corrected chi connectivity index (χ1v) is 10.3. The van der Waals surface area contributed by atoms with Crippen molar-refractivity contribution < 1.29 is 8.78 Å². The van der Waals surface area contributed by atoms with Crippen molar-refractivity contribution in [3.8, 4) is 11.1 Å². The monoisotopic (exact) mass is 415 g/mol. The maximum absolute atomic E-state index is 13.8. The minimum Gasteiger partial charge on any atom is -0.325 e. The number of aromatic nitrogens is 2. The van der Waals surface area contributed by atoms with Gasteiger partial charge in [-0.3, -0.25) is 9.78 Å². The number of alkyl halides is 2. The lowest BCUT2D eigenvalue weighted by atomic mass is 9.95. The van der Waals surface area contributed by atoms with Crippen LogP contribution in [0.4, 0.5) is 8.78 Å². The molecule has 0 amide bonds. The molecule has 0 unspecified atom stereocenters. The van der Waals surface area contributed by atoms with E-state index in [1.807, 2.05) is 39.1 Å². The Kier molecular flexibility index (Phi) is 5.82. The van der Waals surface area contributed by atoms with Gasteiger partial charge in [0, 0.05) is 27.6 Å². The first-order valence-electron chi connectivity index (χ1n) is 9.42. The van der Waals surface area contributed by atoms with E-state index in [1.165, 1.54) is 23.5 Å². The summed E-state index contributed by atoms with van der Waals surface area (Å²) in [4.78, 5) is 19.8. The number of nitrogens with one attached hydrogen (secondary N) is 1. The summed E-state index contributed by atoms with van der Waals surface area (Å²) < 4.78 is 28.3. The lowest BCUT2D eigenvalue weighted by Crippen LogP contribution is -2.24. The van der Waals surface area contributed by atoms with E-state index >= 15 is 0 Å². The molecule has 0 saturated carbocycles. The summed E-state index contributed by atoms with van der Waals surface area (Å²) in [7, 11) is 0. The number of aromatic amines is 1. The van der Waals surface area contributed by atoms with E-state index in [2.05, 4.69) is 9.97 Å². The van der Waals surface area contributed by atoms with Gasteiger partial charge < -0.3 is 10.7 Å². The summed E-state index contributed by atoms with van der Waals surface area (Å²) in [6.45, 7) is 6.99. The van der Waals surface area contributed by atoms with Gasteiger partial charge in [0.15, 0.2) is 0 Å². The number of fused-ring (bicyclic) bond motifs is 3. The number of aryl methyl sites for hydroxylation is 2. The molecule has 29 heavy (non-hydrogen) atoms. The molecular weight excluding hydrogens is 392 g/mol. The van der Waals surface area contributed by atoms with E-state index in [0.29, 0.717) is 10.2 Å². The molecule has 0 saturated heterocycles. The average Bonchev–Trinajstić information content (AvgIpc) is 3.21. The van der Waals surface area contributed by atoms with E-state index in [0.717, 1.165) is 33.3 Å². The fraction of sp³-hybridized carbons (Fsp3) is 0.273. The van der Waals surface area contributed by atoms with Gasteiger partial charge in [-0.2, -0.15) is 8.78 Å². The van der Waals surface area contributed by atoms with Crippen LogP contribution in [0, 0.1) is 13.8 Å². The zero-order valence-corrected chi connectivity index (χ0v) is 17.6. The molecule has 0 aliphatic carbocycles. The molecule has 0 atom stereocenters. The standard InChI is InChI=1S/C20H17F2N3OS.C2H6/c1-10-15(12-3-5-13(6-4-12)20(21,22)9-23)16-14-7-8-27-18(14)19(26)25-17(16)11(2)24-10;1-2/h3-8H,9,23H2,1-2H3,(H,25,26);1-2H3. The third kappa shape index (κ3) is 3.56. The molecule has 0 radical (unpaired) electrons. The predicted molar refractivity (Wildman–Crippen MR) is 117 cm³/mol. The van der Waals surface area contributed by atoms with E-state index in [-0.39, 0.29) is 11.1 Å². The number of thiophene rings is 1. The van der Waals surface area contributed by atoms with E-state index < -0.39 is 12.5 Å². The van der Waals surface area contributed by atoms with Crippen LogP contribution in [0.15, 0.2) is 40.5 Å². The number of hydrogen-bond donors (Lipinski definition) is 2. The van der Waals surface area contributed by atoms with E-state index in [4.69, 9.17) is 5.73 Å². The zero-order valence-electron chi connectivity index (χ0n) is 16.8. The van der Waals surface area contributed by atoms with Crippen LogP contribution >= 0.6 is 11.3 Å². The van der Waals surface area contributed by atoms with Crippen LogP contribution in [0.25, 0.3) is 32.1 Å². The van der Waals surface area contributed by atoms with Crippen LogP contribution in [-0.2, 0) is 5.92 Å². The van der Waals surface area contributed by atoms with Crippen LogP contribution < -0.4 is 11.3 Å². The minimum atomic E-state index is -3.06. The molecule has 4 nitrogen and oxygen atoms in total. The van der Waals surface area contributed by atoms with Crippen molar-refractivity contribution in [3.63, 3.8) is 0 Å². The molecule has 4 aromatic rings. The Morgan fingerprint density at radius 2 is 1.76 bits per heavy atom. The van der Waals surface area contributed by atoms with Crippen LogP contribution in [0.5, 0.6) is 0 Å². The van der Waals surface area contributed by atoms with Crippen LogP contribution in [0.3, 0.4) is 0 Å². The average molecular weight is 416 g/mol. The minimum absolute atomic E-state index is 0.120. The maximum Gasteiger partial charge on any atom is 0.285 e. The number of benzene rings is 1. The van der Waals surface area contributed by atoms with Gasteiger partial charge >= 0.3 is 0 Å². The first-order chi connectivity index (χ1) is 13.8. The summed E-state index contributed by atoms with van der Waals surface area (Å²) in [5.74, 6) is -3.06. The molecule has 0 spiro atoms. The molecule has 0 aliphatic heterocycles. The highest BCUT2D eigenvalue weighted by atomic mass is 32.1. The summed E-state index contributed by atoms with van der Waals surface area (Å²) in [6.07, 6.45) is 0. The van der Waals surface area contributed by atoms with Gasteiger partial charge in [-0.1, -0.05) is 38.1 Å². The predicted octanol–water partition coefficient (Wildman–Crippen LogP) is 5.50. The molecule has 0 bridgehead atoms. The van der Waals surface area contributed by atoms with Crippen molar-refractivity contribution >= 4 is 32.3 Å². The molecule has 0 fully saturated rings. The second-order valence-corrected chi connectivity index (χ2v) is 7.43. The largest absolute Gasteiger partial charge is 0.325 e. The van der Waals surface area contributed by atoms with Gasteiger partial charge in [-0.05, 0) is 30.9 Å².